The summed E-state index contributed by atoms with van der Waals surface area (Å²) in [6.45, 7) is 10.6. The lowest BCUT2D eigenvalue weighted by Gasteiger charge is -2.38. The van der Waals surface area contributed by atoms with Crippen molar-refractivity contribution in [3.63, 3.8) is 0 Å². The van der Waals surface area contributed by atoms with Gasteiger partial charge in [0.15, 0.2) is 0 Å². The number of nitrogens with one attached hydrogen (secondary N) is 1. The predicted molar refractivity (Wildman–Crippen MR) is 97.0 cm³/mol. The third-order valence-electron chi connectivity index (χ3n) is 6.27. The highest BCUT2D eigenvalue weighted by Gasteiger charge is 2.46. The Morgan fingerprint density at radius 3 is 2.17 bits per heavy atom. The highest BCUT2D eigenvalue weighted by molar-refractivity contribution is 5.79. The number of carbonyl (C=O) groups is 1. The smallest absolute Gasteiger partial charge is 0.225 e. The molecule has 4 nitrogen and oxygen atoms in total. The van der Waals surface area contributed by atoms with E-state index in [-0.39, 0.29) is 11.2 Å². The quantitative estimate of drug-likeness (QED) is 0.858. The lowest BCUT2D eigenvalue weighted by molar-refractivity contribution is -0.137. The minimum absolute atomic E-state index is 0.0428. The van der Waals surface area contributed by atoms with Gasteiger partial charge in [-0.1, -0.05) is 19.3 Å². The van der Waals surface area contributed by atoms with Gasteiger partial charge in [0.25, 0.3) is 0 Å². The van der Waals surface area contributed by atoms with E-state index in [2.05, 4.69) is 37.9 Å². The van der Waals surface area contributed by atoms with Crippen molar-refractivity contribution in [3.05, 3.63) is 0 Å². The molecule has 3 rings (SSSR count). The van der Waals surface area contributed by atoms with Crippen LogP contribution >= 0.6 is 0 Å². The number of hydrogen-bond donors (Lipinski definition) is 1. The van der Waals surface area contributed by atoms with Crippen LogP contribution in [0.15, 0.2) is 0 Å². The van der Waals surface area contributed by atoms with Gasteiger partial charge in [-0.2, -0.15) is 0 Å². The topological polar surface area (TPSA) is 41.6 Å². The van der Waals surface area contributed by atoms with E-state index in [1.807, 2.05) is 0 Å². The summed E-state index contributed by atoms with van der Waals surface area (Å²) in [6.07, 6.45) is 9.21. The number of amides is 1. The van der Waals surface area contributed by atoms with Crippen LogP contribution in [0.1, 0.15) is 79.1 Å². The van der Waals surface area contributed by atoms with E-state index in [0.717, 1.165) is 45.2 Å². The van der Waals surface area contributed by atoms with E-state index < -0.39 is 0 Å². The fourth-order valence-electron chi connectivity index (χ4n) is 4.98. The van der Waals surface area contributed by atoms with Crippen LogP contribution in [0, 0.1) is 5.92 Å². The van der Waals surface area contributed by atoms with Crippen molar-refractivity contribution >= 4 is 5.91 Å². The highest BCUT2D eigenvalue weighted by Crippen LogP contribution is 2.38. The van der Waals surface area contributed by atoms with Crippen molar-refractivity contribution in [1.82, 2.24) is 10.2 Å². The maximum atomic E-state index is 12.7. The van der Waals surface area contributed by atoms with Gasteiger partial charge < -0.3 is 15.0 Å². The summed E-state index contributed by atoms with van der Waals surface area (Å²) < 4.78 is 6.20. The normalized spacial score (nSPS) is 31.3. The fourth-order valence-corrected chi connectivity index (χ4v) is 4.98. The van der Waals surface area contributed by atoms with Gasteiger partial charge in [0.2, 0.25) is 5.91 Å². The third-order valence-corrected chi connectivity index (χ3v) is 6.27. The first-order chi connectivity index (χ1) is 11.3. The number of carbonyl (C=O) groups excluding carboxylic acids is 1. The number of likely N-dealkylation sites (tertiary alicyclic amines) is 1. The molecule has 0 spiro atoms. The summed E-state index contributed by atoms with van der Waals surface area (Å²) in [5, 5.41) is 3.84. The standard InChI is InChI=1S/C20H36N2O2/c1-19(2)14-17(20(3,4)24-19)21-16-10-12-22(13-11-16)18(23)15-8-6-5-7-9-15/h15-17,21H,5-14H2,1-4H3. The molecule has 1 N–H and O–H groups in total. The van der Waals surface area contributed by atoms with Gasteiger partial charge >= 0.3 is 0 Å². The molecule has 3 fully saturated rings. The molecule has 2 aliphatic heterocycles. The third kappa shape index (κ3) is 4.13. The highest BCUT2D eigenvalue weighted by atomic mass is 16.5. The van der Waals surface area contributed by atoms with E-state index in [9.17, 15) is 4.79 Å². The molecule has 1 saturated carbocycles. The van der Waals surface area contributed by atoms with Crippen LogP contribution in [0.25, 0.3) is 0 Å². The van der Waals surface area contributed by atoms with Crippen LogP contribution in [-0.4, -0.2) is 47.2 Å². The van der Waals surface area contributed by atoms with Gasteiger partial charge in [-0.15, -0.1) is 0 Å². The Morgan fingerprint density at radius 2 is 1.62 bits per heavy atom. The zero-order valence-electron chi connectivity index (χ0n) is 16.1. The molecule has 0 bridgehead atoms. The van der Waals surface area contributed by atoms with Crippen LogP contribution < -0.4 is 5.32 Å². The van der Waals surface area contributed by atoms with E-state index in [4.69, 9.17) is 4.74 Å². The Bertz CT molecular complexity index is 447. The van der Waals surface area contributed by atoms with E-state index in [1.54, 1.807) is 0 Å². The molecule has 24 heavy (non-hydrogen) atoms. The summed E-state index contributed by atoms with van der Waals surface area (Å²) in [4.78, 5) is 14.8. The van der Waals surface area contributed by atoms with Crippen LogP contribution in [0.5, 0.6) is 0 Å². The van der Waals surface area contributed by atoms with Crippen molar-refractivity contribution < 1.29 is 9.53 Å². The summed E-state index contributed by atoms with van der Waals surface area (Å²) >= 11 is 0. The number of rotatable bonds is 3. The van der Waals surface area contributed by atoms with Gasteiger partial charge in [0.05, 0.1) is 11.2 Å². The van der Waals surface area contributed by atoms with Gasteiger partial charge in [-0.3, -0.25) is 4.79 Å². The Kier molecular flexibility index (Phi) is 5.27. The molecule has 1 atom stereocenters. The second-order valence-corrected chi connectivity index (χ2v) is 9.32. The lowest BCUT2D eigenvalue weighted by atomic mass is 9.87. The fraction of sp³-hybridized carbons (Fsp3) is 0.950. The Hall–Kier alpha value is -0.610. The number of nitrogens with zero attached hydrogens (tertiary/aromatic N) is 1. The first-order valence-corrected chi connectivity index (χ1v) is 10.0. The summed E-state index contributed by atoms with van der Waals surface area (Å²) in [5.41, 5.74) is -0.155. The molecule has 2 heterocycles. The number of hydrogen-bond acceptors (Lipinski definition) is 3. The van der Waals surface area contributed by atoms with E-state index in [1.165, 1.54) is 19.3 Å². The minimum Gasteiger partial charge on any atom is -0.368 e. The molecular formula is C20H36N2O2. The summed E-state index contributed by atoms with van der Waals surface area (Å²) in [5.74, 6) is 0.741. The Balaban J connectivity index is 1.48. The second kappa shape index (κ2) is 6.95. The first-order valence-electron chi connectivity index (χ1n) is 10.0. The Morgan fingerprint density at radius 1 is 1.00 bits per heavy atom. The monoisotopic (exact) mass is 336 g/mol. The van der Waals surface area contributed by atoms with Crippen molar-refractivity contribution in [3.8, 4) is 0 Å². The SMILES string of the molecule is CC1(C)CC(NC2CCN(C(=O)C3CCCCC3)CC2)C(C)(C)O1. The molecule has 1 unspecified atom stereocenters. The largest absolute Gasteiger partial charge is 0.368 e. The van der Waals surface area contributed by atoms with Gasteiger partial charge in [0.1, 0.15) is 0 Å². The zero-order chi connectivity index (χ0) is 17.4. The van der Waals surface area contributed by atoms with E-state index >= 15 is 0 Å². The average Bonchev–Trinajstić information content (AvgIpc) is 2.75. The summed E-state index contributed by atoms with van der Waals surface area (Å²) in [7, 11) is 0. The molecule has 1 amide bonds. The second-order valence-electron chi connectivity index (χ2n) is 9.32. The van der Waals surface area contributed by atoms with Gasteiger partial charge in [-0.25, -0.2) is 0 Å². The molecule has 0 radical (unpaired) electrons. The van der Waals surface area contributed by atoms with Gasteiger partial charge in [0, 0.05) is 31.1 Å². The zero-order valence-corrected chi connectivity index (χ0v) is 16.1. The van der Waals surface area contributed by atoms with E-state index in [0.29, 0.717) is 23.9 Å². The average molecular weight is 337 g/mol. The molecule has 0 aromatic carbocycles. The minimum atomic E-state index is -0.113. The van der Waals surface area contributed by atoms with Crippen LogP contribution in [0.3, 0.4) is 0 Å². The van der Waals surface area contributed by atoms with Crippen LogP contribution in [-0.2, 0) is 9.53 Å². The van der Waals surface area contributed by atoms with Gasteiger partial charge in [-0.05, 0) is 59.8 Å². The molecule has 1 aliphatic carbocycles. The number of piperidine rings is 1. The Labute approximate surface area is 147 Å². The maximum Gasteiger partial charge on any atom is 0.225 e. The first kappa shape index (κ1) is 18.2. The van der Waals surface area contributed by atoms with Crippen molar-refractivity contribution in [2.45, 2.75) is 102 Å². The maximum absolute atomic E-state index is 12.7. The molecule has 0 aromatic rings. The molecule has 4 heteroatoms. The molecular weight excluding hydrogens is 300 g/mol. The number of ether oxygens (including phenoxy) is 1. The lowest BCUT2D eigenvalue weighted by Crippen LogP contribution is -2.52. The molecule has 0 aromatic heterocycles. The molecule has 138 valence electrons. The van der Waals surface area contributed by atoms with Crippen molar-refractivity contribution in [2.24, 2.45) is 5.92 Å². The molecule has 3 aliphatic rings. The molecule has 2 saturated heterocycles. The van der Waals surface area contributed by atoms with Crippen LogP contribution in [0.4, 0.5) is 0 Å². The van der Waals surface area contributed by atoms with Crippen molar-refractivity contribution in [1.29, 1.82) is 0 Å². The van der Waals surface area contributed by atoms with Crippen molar-refractivity contribution in [2.75, 3.05) is 13.1 Å². The summed E-state index contributed by atoms with van der Waals surface area (Å²) in [6, 6.07) is 0.917. The van der Waals surface area contributed by atoms with Crippen LogP contribution in [0.2, 0.25) is 0 Å². The predicted octanol–water partition coefficient (Wildman–Crippen LogP) is 3.49.